The highest BCUT2D eigenvalue weighted by Crippen LogP contribution is 2.29. The number of halogens is 1. The van der Waals surface area contributed by atoms with Crippen LogP contribution >= 0.6 is 24.0 Å². The minimum atomic E-state index is -0.223. The molecule has 2 fully saturated rings. The minimum Gasteiger partial charge on any atom is -0.477 e. The quantitative estimate of drug-likeness (QED) is 0.325. The third kappa shape index (κ3) is 7.44. The van der Waals surface area contributed by atoms with Crippen LogP contribution in [-0.2, 0) is 11.3 Å². The molecule has 1 aromatic rings. The molecule has 1 unspecified atom stereocenters. The number of hydrogen-bond donors (Lipinski definition) is 2. The van der Waals surface area contributed by atoms with E-state index in [0.717, 1.165) is 50.6 Å². The van der Waals surface area contributed by atoms with E-state index in [2.05, 4.69) is 22.1 Å². The monoisotopic (exact) mass is 501 g/mol. The highest BCUT2D eigenvalue weighted by molar-refractivity contribution is 14.0. The second kappa shape index (κ2) is 11.4. The molecule has 2 heterocycles. The number of nitrogens with two attached hydrogens (primary N) is 1. The number of pyridine rings is 1. The molecular formula is C20H32IN5O2. The van der Waals surface area contributed by atoms with Crippen molar-refractivity contribution in [3.63, 3.8) is 0 Å². The van der Waals surface area contributed by atoms with Crippen molar-refractivity contribution < 1.29 is 9.53 Å². The van der Waals surface area contributed by atoms with E-state index >= 15 is 0 Å². The molecule has 156 valence electrons. The van der Waals surface area contributed by atoms with Crippen molar-refractivity contribution in [2.75, 3.05) is 26.2 Å². The van der Waals surface area contributed by atoms with E-state index < -0.39 is 0 Å². The van der Waals surface area contributed by atoms with Gasteiger partial charge in [0.25, 0.3) is 0 Å². The number of piperidine rings is 1. The minimum absolute atomic E-state index is 0. The summed E-state index contributed by atoms with van der Waals surface area (Å²) in [6.07, 6.45) is 6.86. The number of aliphatic imine (C=N–C) groups is 1. The number of primary amides is 1. The Bertz CT molecular complexity index is 666. The van der Waals surface area contributed by atoms with Gasteiger partial charge in [0.05, 0.1) is 13.2 Å². The standard InChI is InChI=1S/C20H31N5O2.HI/c1-2-22-20(25-9-3-4-17(13-25)10-18(21)26)24-12-16-7-8-23-19(11-16)27-14-15-5-6-15;/h7-8,11,15,17H,2-6,9-10,12-14H2,1H3,(H2,21,26)(H,22,24);1H. The number of nitrogens with one attached hydrogen (secondary N) is 1. The maximum absolute atomic E-state index is 11.3. The van der Waals surface area contributed by atoms with Crippen LogP contribution in [0, 0.1) is 11.8 Å². The summed E-state index contributed by atoms with van der Waals surface area (Å²) < 4.78 is 5.76. The van der Waals surface area contributed by atoms with Crippen molar-refractivity contribution in [2.45, 2.75) is 45.6 Å². The second-order valence-corrected chi connectivity index (χ2v) is 7.55. The normalized spacial score (nSPS) is 19.7. The number of amides is 1. The fourth-order valence-corrected chi connectivity index (χ4v) is 3.42. The van der Waals surface area contributed by atoms with Gasteiger partial charge in [-0.15, -0.1) is 24.0 Å². The van der Waals surface area contributed by atoms with Gasteiger partial charge in [-0.05, 0) is 56.1 Å². The molecule has 2 aliphatic rings. The molecule has 0 spiro atoms. The predicted octanol–water partition coefficient (Wildman–Crippen LogP) is 2.54. The molecule has 28 heavy (non-hydrogen) atoms. The zero-order valence-electron chi connectivity index (χ0n) is 16.6. The number of nitrogens with zero attached hydrogens (tertiary/aromatic N) is 3. The van der Waals surface area contributed by atoms with E-state index in [0.29, 0.717) is 30.7 Å². The molecule has 8 heteroatoms. The predicted molar refractivity (Wildman–Crippen MR) is 121 cm³/mol. The summed E-state index contributed by atoms with van der Waals surface area (Å²) in [5.41, 5.74) is 6.46. The lowest BCUT2D eigenvalue weighted by atomic mass is 9.95. The Morgan fingerprint density at radius 1 is 1.39 bits per heavy atom. The Morgan fingerprint density at radius 3 is 2.93 bits per heavy atom. The molecule has 7 nitrogen and oxygen atoms in total. The molecule has 0 bridgehead atoms. The van der Waals surface area contributed by atoms with Gasteiger partial charge in [0.1, 0.15) is 0 Å². The van der Waals surface area contributed by atoms with E-state index in [-0.39, 0.29) is 29.9 Å². The molecule has 1 saturated carbocycles. The van der Waals surface area contributed by atoms with Crippen LogP contribution in [0.1, 0.15) is 44.6 Å². The topological polar surface area (TPSA) is 92.8 Å². The highest BCUT2D eigenvalue weighted by Gasteiger charge is 2.24. The van der Waals surface area contributed by atoms with Crippen molar-refractivity contribution in [3.05, 3.63) is 23.9 Å². The summed E-state index contributed by atoms with van der Waals surface area (Å²) in [7, 11) is 0. The van der Waals surface area contributed by atoms with Crippen LogP contribution in [0.2, 0.25) is 0 Å². The molecule has 3 rings (SSSR count). The van der Waals surface area contributed by atoms with Gasteiger partial charge in [0, 0.05) is 38.3 Å². The first-order chi connectivity index (χ1) is 13.1. The SMILES string of the molecule is CCNC(=NCc1ccnc(OCC2CC2)c1)N1CCCC(CC(N)=O)C1.I. The average molecular weight is 501 g/mol. The van der Waals surface area contributed by atoms with Gasteiger partial charge in [-0.3, -0.25) is 4.79 Å². The van der Waals surface area contributed by atoms with Crippen molar-refractivity contribution in [2.24, 2.45) is 22.6 Å². The summed E-state index contributed by atoms with van der Waals surface area (Å²) in [5.74, 6) is 2.37. The molecule has 0 radical (unpaired) electrons. The summed E-state index contributed by atoms with van der Waals surface area (Å²) in [5, 5.41) is 3.37. The number of carbonyl (C=O) groups is 1. The summed E-state index contributed by atoms with van der Waals surface area (Å²) in [4.78, 5) is 22.6. The van der Waals surface area contributed by atoms with Gasteiger partial charge in [-0.25, -0.2) is 9.98 Å². The maximum atomic E-state index is 11.3. The Kier molecular flexibility index (Phi) is 9.27. The van der Waals surface area contributed by atoms with Gasteiger partial charge < -0.3 is 20.7 Å². The number of likely N-dealkylation sites (tertiary alicyclic amines) is 1. The number of carbonyl (C=O) groups excluding carboxylic acids is 1. The molecule has 3 N–H and O–H groups in total. The van der Waals surface area contributed by atoms with E-state index in [1.807, 2.05) is 12.1 Å². The van der Waals surface area contributed by atoms with Crippen LogP contribution in [0.4, 0.5) is 0 Å². The number of hydrogen-bond acceptors (Lipinski definition) is 4. The second-order valence-electron chi connectivity index (χ2n) is 7.55. The van der Waals surface area contributed by atoms with Crippen molar-refractivity contribution in [3.8, 4) is 5.88 Å². The molecule has 1 saturated heterocycles. The zero-order chi connectivity index (χ0) is 19.1. The first-order valence-electron chi connectivity index (χ1n) is 10.0. The lowest BCUT2D eigenvalue weighted by Gasteiger charge is -2.34. The molecule has 0 aromatic carbocycles. The summed E-state index contributed by atoms with van der Waals surface area (Å²) >= 11 is 0. The Balaban J connectivity index is 0.00000280. The van der Waals surface area contributed by atoms with Gasteiger partial charge in [-0.1, -0.05) is 0 Å². The van der Waals surface area contributed by atoms with Gasteiger partial charge >= 0.3 is 0 Å². The van der Waals surface area contributed by atoms with Crippen LogP contribution in [-0.4, -0.2) is 48.0 Å². The van der Waals surface area contributed by atoms with E-state index in [4.69, 9.17) is 15.5 Å². The van der Waals surface area contributed by atoms with Crippen LogP contribution in [0.3, 0.4) is 0 Å². The largest absolute Gasteiger partial charge is 0.477 e. The average Bonchev–Trinajstić information content (AvgIpc) is 3.48. The van der Waals surface area contributed by atoms with Crippen LogP contribution in [0.5, 0.6) is 5.88 Å². The van der Waals surface area contributed by atoms with Gasteiger partial charge in [0.15, 0.2) is 5.96 Å². The smallest absolute Gasteiger partial charge is 0.217 e. The lowest BCUT2D eigenvalue weighted by Crippen LogP contribution is -2.47. The van der Waals surface area contributed by atoms with Crippen molar-refractivity contribution >= 4 is 35.8 Å². The van der Waals surface area contributed by atoms with E-state index in [1.165, 1.54) is 12.8 Å². The number of guanidine groups is 1. The number of aromatic nitrogens is 1. The first-order valence-corrected chi connectivity index (χ1v) is 10.0. The van der Waals surface area contributed by atoms with E-state index in [9.17, 15) is 4.79 Å². The maximum Gasteiger partial charge on any atom is 0.217 e. The first kappa shape index (κ1) is 22.7. The lowest BCUT2D eigenvalue weighted by molar-refractivity contribution is -0.119. The molecule has 1 aromatic heterocycles. The fourth-order valence-electron chi connectivity index (χ4n) is 3.42. The third-order valence-electron chi connectivity index (χ3n) is 5.02. The molecule has 1 atom stereocenters. The molecule has 1 amide bonds. The fraction of sp³-hybridized carbons (Fsp3) is 0.650. The third-order valence-corrected chi connectivity index (χ3v) is 5.02. The van der Waals surface area contributed by atoms with Crippen LogP contribution in [0.25, 0.3) is 0 Å². The molecule has 1 aliphatic heterocycles. The number of rotatable bonds is 8. The van der Waals surface area contributed by atoms with Gasteiger partial charge in [-0.2, -0.15) is 0 Å². The van der Waals surface area contributed by atoms with E-state index in [1.54, 1.807) is 6.20 Å². The Hall–Kier alpha value is -1.58. The van der Waals surface area contributed by atoms with Crippen LogP contribution < -0.4 is 15.8 Å². The molecule has 1 aliphatic carbocycles. The van der Waals surface area contributed by atoms with Crippen molar-refractivity contribution in [1.82, 2.24) is 15.2 Å². The Morgan fingerprint density at radius 2 is 2.21 bits per heavy atom. The Labute approximate surface area is 184 Å². The van der Waals surface area contributed by atoms with Crippen LogP contribution in [0.15, 0.2) is 23.3 Å². The number of ether oxygens (including phenoxy) is 1. The molecular weight excluding hydrogens is 469 g/mol. The summed E-state index contributed by atoms with van der Waals surface area (Å²) in [6, 6.07) is 3.95. The summed E-state index contributed by atoms with van der Waals surface area (Å²) in [6.45, 7) is 5.98. The highest BCUT2D eigenvalue weighted by atomic mass is 127. The zero-order valence-corrected chi connectivity index (χ0v) is 18.9. The van der Waals surface area contributed by atoms with Gasteiger partial charge in [0.2, 0.25) is 11.8 Å². The van der Waals surface area contributed by atoms with Crippen molar-refractivity contribution in [1.29, 1.82) is 0 Å².